The minimum Gasteiger partial charge on any atom is -0.348 e. The van der Waals surface area contributed by atoms with Gasteiger partial charge in [0.25, 0.3) is 0 Å². The fraction of sp³-hybridized carbons (Fsp3) is 0.786. The van der Waals surface area contributed by atoms with Gasteiger partial charge in [-0.1, -0.05) is 37.4 Å². The highest BCUT2D eigenvalue weighted by molar-refractivity contribution is 8.00. The highest BCUT2D eigenvalue weighted by atomic mass is 32.2. The van der Waals surface area contributed by atoms with Crippen LogP contribution >= 0.6 is 11.8 Å². The quantitative estimate of drug-likeness (QED) is 0.819. The largest absolute Gasteiger partial charge is 0.348 e. The molecule has 1 fully saturated rings. The van der Waals surface area contributed by atoms with Crippen LogP contribution in [0.3, 0.4) is 0 Å². The van der Waals surface area contributed by atoms with Gasteiger partial charge in [0.15, 0.2) is 0 Å². The molecule has 1 N–H and O–H groups in total. The molecule has 1 saturated carbocycles. The van der Waals surface area contributed by atoms with Crippen molar-refractivity contribution < 1.29 is 4.79 Å². The normalized spacial score (nSPS) is 17.4. The summed E-state index contributed by atoms with van der Waals surface area (Å²) in [6.07, 6.45) is 7.66. The van der Waals surface area contributed by atoms with E-state index < -0.39 is 0 Å². The fourth-order valence-electron chi connectivity index (χ4n) is 2.65. The summed E-state index contributed by atoms with van der Waals surface area (Å²) in [4.78, 5) is 17.9. The van der Waals surface area contributed by atoms with E-state index in [1.807, 2.05) is 6.92 Å². The monoisotopic (exact) mass is 296 g/mol. The Labute approximate surface area is 124 Å². The van der Waals surface area contributed by atoms with Gasteiger partial charge < -0.3 is 4.90 Å². The molecule has 0 aliphatic heterocycles. The second-order valence-corrected chi connectivity index (χ2v) is 7.05. The second-order valence-electron chi connectivity index (χ2n) is 5.75. The van der Waals surface area contributed by atoms with Crippen molar-refractivity contribution >= 4 is 17.7 Å². The predicted octanol–water partition coefficient (Wildman–Crippen LogP) is 2.50. The first-order chi connectivity index (χ1) is 9.56. The van der Waals surface area contributed by atoms with Crippen molar-refractivity contribution in [2.45, 2.75) is 55.9 Å². The molecule has 1 unspecified atom stereocenters. The van der Waals surface area contributed by atoms with Gasteiger partial charge in [0.2, 0.25) is 11.1 Å². The van der Waals surface area contributed by atoms with Crippen molar-refractivity contribution in [3.63, 3.8) is 0 Å². The zero-order valence-corrected chi connectivity index (χ0v) is 13.4. The first-order valence-electron chi connectivity index (χ1n) is 7.35. The summed E-state index contributed by atoms with van der Waals surface area (Å²) in [6.45, 7) is 1.89. The Morgan fingerprint density at radius 3 is 2.80 bits per heavy atom. The number of carbonyl (C=O) groups excluding carboxylic acids is 1. The van der Waals surface area contributed by atoms with Crippen LogP contribution in [-0.2, 0) is 11.2 Å². The van der Waals surface area contributed by atoms with Gasteiger partial charge in [-0.3, -0.25) is 9.89 Å². The molecule has 20 heavy (non-hydrogen) atoms. The minimum atomic E-state index is -0.150. The molecule has 1 aromatic rings. The van der Waals surface area contributed by atoms with E-state index in [4.69, 9.17) is 0 Å². The molecule has 1 amide bonds. The zero-order valence-electron chi connectivity index (χ0n) is 12.6. The summed E-state index contributed by atoms with van der Waals surface area (Å²) in [5, 5.41) is 7.72. The standard InChI is InChI=1S/C14H24N4OS/c1-10(13(19)18(2)3)20-14-15-12(16-17-14)9-8-11-6-4-5-7-11/h10-11H,4-9H2,1-3H3,(H,15,16,17). The highest BCUT2D eigenvalue weighted by Gasteiger charge is 2.19. The number of carbonyl (C=O) groups is 1. The molecular formula is C14H24N4OS. The SMILES string of the molecule is CC(Sc1n[nH]c(CCC2CCCC2)n1)C(=O)N(C)C. The first kappa shape index (κ1) is 15.4. The predicted molar refractivity (Wildman–Crippen MR) is 80.7 cm³/mol. The Balaban J connectivity index is 1.80. The number of nitrogens with zero attached hydrogens (tertiary/aromatic N) is 3. The number of aromatic nitrogens is 3. The van der Waals surface area contributed by atoms with Crippen molar-refractivity contribution in [1.82, 2.24) is 20.1 Å². The molecule has 0 aromatic carbocycles. The smallest absolute Gasteiger partial charge is 0.235 e. The summed E-state index contributed by atoms with van der Waals surface area (Å²) < 4.78 is 0. The maximum Gasteiger partial charge on any atom is 0.235 e. The zero-order chi connectivity index (χ0) is 14.5. The van der Waals surface area contributed by atoms with Crippen molar-refractivity contribution in [3.05, 3.63) is 5.82 Å². The lowest BCUT2D eigenvalue weighted by Gasteiger charge is -2.14. The number of thioether (sulfide) groups is 1. The molecule has 1 aliphatic rings. The molecule has 0 radical (unpaired) electrons. The third kappa shape index (κ3) is 4.23. The molecule has 2 rings (SSSR count). The van der Waals surface area contributed by atoms with Crippen LogP contribution in [0.25, 0.3) is 0 Å². The van der Waals surface area contributed by atoms with E-state index in [0.29, 0.717) is 5.16 Å². The third-order valence-corrected chi connectivity index (χ3v) is 4.79. The van der Waals surface area contributed by atoms with Gasteiger partial charge in [0, 0.05) is 20.5 Å². The maximum atomic E-state index is 11.8. The Hall–Kier alpha value is -1.04. The van der Waals surface area contributed by atoms with Gasteiger partial charge >= 0.3 is 0 Å². The number of rotatable bonds is 6. The van der Waals surface area contributed by atoms with Gasteiger partial charge in [-0.25, -0.2) is 4.98 Å². The Morgan fingerprint density at radius 2 is 2.15 bits per heavy atom. The third-order valence-electron chi connectivity index (χ3n) is 3.85. The van der Waals surface area contributed by atoms with Crippen LogP contribution in [0.1, 0.15) is 44.9 Å². The number of hydrogen-bond donors (Lipinski definition) is 1. The van der Waals surface area contributed by atoms with Gasteiger partial charge in [-0.15, -0.1) is 5.10 Å². The number of H-pyrrole nitrogens is 1. The van der Waals surface area contributed by atoms with Crippen molar-refractivity contribution in [3.8, 4) is 0 Å². The van der Waals surface area contributed by atoms with Gasteiger partial charge in [0.1, 0.15) is 5.82 Å². The van der Waals surface area contributed by atoms with Crippen LogP contribution in [0.5, 0.6) is 0 Å². The highest BCUT2D eigenvalue weighted by Crippen LogP contribution is 2.28. The van der Waals surface area contributed by atoms with Crippen molar-refractivity contribution in [2.75, 3.05) is 14.1 Å². The number of hydrogen-bond acceptors (Lipinski definition) is 4. The second kappa shape index (κ2) is 7.11. The van der Waals surface area contributed by atoms with Gasteiger partial charge in [0.05, 0.1) is 5.25 Å². The summed E-state index contributed by atoms with van der Waals surface area (Å²) in [5.41, 5.74) is 0. The van der Waals surface area contributed by atoms with E-state index in [2.05, 4.69) is 15.2 Å². The molecule has 0 bridgehead atoms. The first-order valence-corrected chi connectivity index (χ1v) is 8.23. The van der Waals surface area contributed by atoms with Crippen LogP contribution in [0.2, 0.25) is 0 Å². The Morgan fingerprint density at radius 1 is 1.45 bits per heavy atom. The summed E-state index contributed by atoms with van der Waals surface area (Å²) >= 11 is 1.41. The number of amides is 1. The lowest BCUT2D eigenvalue weighted by Crippen LogP contribution is -2.29. The van der Waals surface area contributed by atoms with Crippen LogP contribution in [0.4, 0.5) is 0 Å². The van der Waals surface area contributed by atoms with Gasteiger partial charge in [-0.2, -0.15) is 0 Å². The van der Waals surface area contributed by atoms with Crippen LogP contribution in [0, 0.1) is 5.92 Å². The van der Waals surface area contributed by atoms with E-state index >= 15 is 0 Å². The molecule has 5 nitrogen and oxygen atoms in total. The number of aromatic amines is 1. The Kier molecular flexibility index (Phi) is 5.46. The van der Waals surface area contributed by atoms with E-state index in [0.717, 1.165) is 18.2 Å². The lowest BCUT2D eigenvalue weighted by atomic mass is 10.0. The van der Waals surface area contributed by atoms with E-state index in [9.17, 15) is 4.79 Å². The topological polar surface area (TPSA) is 61.9 Å². The number of nitrogens with one attached hydrogen (secondary N) is 1. The lowest BCUT2D eigenvalue weighted by molar-refractivity contribution is -0.127. The molecule has 1 atom stereocenters. The summed E-state index contributed by atoms with van der Waals surface area (Å²) in [5.74, 6) is 1.90. The molecule has 6 heteroatoms. The van der Waals surface area contributed by atoms with E-state index in [1.165, 1.54) is 43.9 Å². The van der Waals surface area contributed by atoms with Crippen LogP contribution in [0.15, 0.2) is 5.16 Å². The fourth-order valence-corrected chi connectivity index (χ4v) is 3.54. The number of aryl methyl sites for hydroxylation is 1. The van der Waals surface area contributed by atoms with Crippen LogP contribution < -0.4 is 0 Å². The maximum absolute atomic E-state index is 11.8. The molecule has 1 aromatic heterocycles. The van der Waals surface area contributed by atoms with E-state index in [-0.39, 0.29) is 11.2 Å². The van der Waals surface area contributed by atoms with E-state index in [1.54, 1.807) is 19.0 Å². The Bertz CT molecular complexity index is 440. The summed E-state index contributed by atoms with van der Waals surface area (Å²) in [6, 6.07) is 0. The average Bonchev–Trinajstić information content (AvgIpc) is 3.06. The average molecular weight is 296 g/mol. The molecule has 1 aliphatic carbocycles. The van der Waals surface area contributed by atoms with Crippen LogP contribution in [-0.4, -0.2) is 45.3 Å². The van der Waals surface area contributed by atoms with Gasteiger partial charge in [-0.05, 0) is 19.3 Å². The molecule has 0 saturated heterocycles. The van der Waals surface area contributed by atoms with Crippen molar-refractivity contribution in [1.29, 1.82) is 0 Å². The molecule has 1 heterocycles. The minimum absolute atomic E-state index is 0.0901. The molecule has 0 spiro atoms. The molecule has 112 valence electrons. The summed E-state index contributed by atoms with van der Waals surface area (Å²) in [7, 11) is 3.54. The molecular weight excluding hydrogens is 272 g/mol. The van der Waals surface area contributed by atoms with Crippen molar-refractivity contribution in [2.24, 2.45) is 5.92 Å².